The maximum Gasteiger partial charge on any atom is 0.254 e. The molecule has 0 spiro atoms. The average Bonchev–Trinajstić information content (AvgIpc) is 3.31. The molecule has 3 aliphatic rings. The fourth-order valence-corrected chi connectivity index (χ4v) is 4.79. The third-order valence-corrected chi connectivity index (χ3v) is 6.24. The Morgan fingerprint density at radius 3 is 2.85 bits per heavy atom. The van der Waals surface area contributed by atoms with E-state index >= 15 is 0 Å². The van der Waals surface area contributed by atoms with E-state index in [0.29, 0.717) is 49.2 Å². The van der Waals surface area contributed by atoms with Gasteiger partial charge in [-0.25, -0.2) is 4.98 Å². The molecule has 1 saturated carbocycles. The largest absolute Gasteiger partial charge is 0.335 e. The van der Waals surface area contributed by atoms with Crippen LogP contribution in [-0.2, 0) is 17.8 Å². The van der Waals surface area contributed by atoms with Crippen molar-refractivity contribution in [2.75, 3.05) is 19.6 Å². The van der Waals surface area contributed by atoms with Crippen LogP contribution in [0.5, 0.6) is 0 Å². The first-order chi connectivity index (χ1) is 13.2. The fourth-order valence-electron chi connectivity index (χ4n) is 4.79. The molecule has 0 radical (unpaired) electrons. The molecule has 27 heavy (non-hydrogen) atoms. The Hall–Kier alpha value is -2.54. The van der Waals surface area contributed by atoms with Gasteiger partial charge >= 0.3 is 0 Å². The highest BCUT2D eigenvalue weighted by Crippen LogP contribution is 2.37. The molecule has 2 aliphatic heterocycles. The first kappa shape index (κ1) is 16.6. The van der Waals surface area contributed by atoms with Crippen LogP contribution in [0, 0.1) is 5.92 Å². The Balaban J connectivity index is 1.35. The number of carbonyl (C=O) groups excluding carboxylic acids is 1. The lowest BCUT2D eigenvalue weighted by Gasteiger charge is -2.32. The number of pyridine rings is 1. The molecule has 7 nitrogen and oxygen atoms in total. The lowest BCUT2D eigenvalue weighted by Crippen LogP contribution is -2.46. The lowest BCUT2D eigenvalue weighted by molar-refractivity contribution is -0.133. The predicted octanol–water partition coefficient (Wildman–Crippen LogP) is 1.20. The van der Waals surface area contributed by atoms with Gasteiger partial charge in [-0.2, -0.15) is 0 Å². The Bertz CT molecular complexity index is 926. The molecule has 4 heterocycles. The van der Waals surface area contributed by atoms with Gasteiger partial charge in [0.25, 0.3) is 5.56 Å². The zero-order valence-corrected chi connectivity index (χ0v) is 15.2. The summed E-state index contributed by atoms with van der Waals surface area (Å²) in [6, 6.07) is 4.23. The van der Waals surface area contributed by atoms with Crippen molar-refractivity contribution in [3.05, 3.63) is 46.1 Å². The molecular formula is C20H23N5O2. The Kier molecular flexibility index (Phi) is 4.04. The third kappa shape index (κ3) is 3.06. The molecule has 0 unspecified atom stereocenters. The Morgan fingerprint density at radius 1 is 1.26 bits per heavy atom. The minimum Gasteiger partial charge on any atom is -0.335 e. The highest BCUT2D eigenvalue weighted by molar-refractivity contribution is 5.78. The molecule has 1 amide bonds. The maximum absolute atomic E-state index is 12.8. The van der Waals surface area contributed by atoms with E-state index in [2.05, 4.69) is 19.9 Å². The molecule has 1 aliphatic carbocycles. The molecule has 0 aromatic carbocycles. The van der Waals surface area contributed by atoms with E-state index in [-0.39, 0.29) is 11.5 Å². The monoisotopic (exact) mass is 365 g/mol. The lowest BCUT2D eigenvalue weighted by atomic mass is 10.1. The Morgan fingerprint density at radius 2 is 2.11 bits per heavy atom. The number of H-pyrrole nitrogens is 1. The van der Waals surface area contributed by atoms with Crippen LogP contribution < -0.4 is 5.56 Å². The number of nitrogens with zero attached hydrogens (tertiary/aromatic N) is 4. The van der Waals surface area contributed by atoms with Crippen LogP contribution in [0.3, 0.4) is 0 Å². The number of piperidine rings is 1. The summed E-state index contributed by atoms with van der Waals surface area (Å²) in [5.74, 6) is 1.47. The number of carbonyl (C=O) groups is 1. The van der Waals surface area contributed by atoms with Crippen LogP contribution >= 0.6 is 0 Å². The molecular weight excluding hydrogens is 342 g/mol. The molecule has 2 bridgehead atoms. The van der Waals surface area contributed by atoms with Gasteiger partial charge in [0.1, 0.15) is 5.82 Å². The van der Waals surface area contributed by atoms with Gasteiger partial charge in [-0.05, 0) is 43.7 Å². The third-order valence-electron chi connectivity index (χ3n) is 6.24. The van der Waals surface area contributed by atoms with Gasteiger partial charge < -0.3 is 9.88 Å². The van der Waals surface area contributed by atoms with Crippen LogP contribution in [0.2, 0.25) is 0 Å². The number of hydrogen-bond donors (Lipinski definition) is 1. The second-order valence-electron chi connectivity index (χ2n) is 7.90. The minimum atomic E-state index is -0.101. The summed E-state index contributed by atoms with van der Waals surface area (Å²) >= 11 is 0. The van der Waals surface area contributed by atoms with E-state index in [9.17, 15) is 9.59 Å². The van der Waals surface area contributed by atoms with Gasteiger partial charge in [-0.3, -0.25) is 19.5 Å². The second kappa shape index (κ2) is 6.56. The number of amides is 1. The smallest absolute Gasteiger partial charge is 0.254 e. The first-order valence-electron chi connectivity index (χ1n) is 9.71. The van der Waals surface area contributed by atoms with Gasteiger partial charge in [0, 0.05) is 42.7 Å². The van der Waals surface area contributed by atoms with E-state index in [1.165, 1.54) is 19.3 Å². The molecule has 1 N–H and O–H groups in total. The number of hydrogen-bond acceptors (Lipinski definition) is 5. The molecule has 7 heteroatoms. The summed E-state index contributed by atoms with van der Waals surface area (Å²) in [4.78, 5) is 41.1. The first-order valence-corrected chi connectivity index (χ1v) is 9.71. The number of nitrogens with one attached hydrogen (secondary N) is 1. The molecule has 140 valence electrons. The van der Waals surface area contributed by atoms with Crippen LogP contribution in [0.15, 0.2) is 29.3 Å². The summed E-state index contributed by atoms with van der Waals surface area (Å²) in [7, 11) is 0. The zero-order valence-electron chi connectivity index (χ0n) is 15.2. The van der Waals surface area contributed by atoms with Gasteiger partial charge in [0.05, 0.1) is 18.8 Å². The summed E-state index contributed by atoms with van der Waals surface area (Å²) in [5.41, 5.74) is 2.14. The SMILES string of the molecule is O=C(CN1C[C@@H]2CC[C@H]1C2)N1CCc2c(nc(-c3ccncc3)[nH]c2=O)C1. The minimum absolute atomic E-state index is 0.101. The van der Waals surface area contributed by atoms with Crippen molar-refractivity contribution in [3.63, 3.8) is 0 Å². The van der Waals surface area contributed by atoms with E-state index in [1.54, 1.807) is 12.4 Å². The van der Waals surface area contributed by atoms with Crippen molar-refractivity contribution in [3.8, 4) is 11.4 Å². The maximum atomic E-state index is 12.8. The van der Waals surface area contributed by atoms with E-state index in [4.69, 9.17) is 0 Å². The highest BCUT2D eigenvalue weighted by Gasteiger charge is 2.39. The van der Waals surface area contributed by atoms with Gasteiger partial charge in [0.2, 0.25) is 5.91 Å². The van der Waals surface area contributed by atoms with Gasteiger partial charge in [-0.15, -0.1) is 0 Å². The number of aromatic amines is 1. The van der Waals surface area contributed by atoms with Crippen LogP contribution in [0.25, 0.3) is 11.4 Å². The fraction of sp³-hybridized carbons (Fsp3) is 0.500. The van der Waals surface area contributed by atoms with E-state index in [0.717, 1.165) is 18.0 Å². The molecule has 5 rings (SSSR count). The predicted molar refractivity (Wildman–Crippen MR) is 99.9 cm³/mol. The van der Waals surface area contributed by atoms with Crippen molar-refractivity contribution in [1.82, 2.24) is 24.8 Å². The number of aromatic nitrogens is 3. The number of rotatable bonds is 3. The van der Waals surface area contributed by atoms with E-state index in [1.807, 2.05) is 17.0 Å². The molecule has 2 aromatic rings. The summed E-state index contributed by atoms with van der Waals surface area (Å²) in [6.45, 7) is 2.56. The van der Waals surface area contributed by atoms with Crippen molar-refractivity contribution in [1.29, 1.82) is 0 Å². The standard InChI is InChI=1S/C20H23N5O2/c26-18(12-25-10-13-1-2-15(25)9-13)24-8-5-16-17(11-24)22-19(23-20(16)27)14-3-6-21-7-4-14/h3-4,6-7,13,15H,1-2,5,8-12H2,(H,22,23,27)/t13-,15+/m1/s1. The molecule has 1 saturated heterocycles. The second-order valence-corrected chi connectivity index (χ2v) is 7.90. The van der Waals surface area contributed by atoms with Gasteiger partial charge in [-0.1, -0.05) is 0 Å². The normalized spacial score (nSPS) is 24.2. The molecule has 2 aromatic heterocycles. The number of fused-ring (bicyclic) bond motifs is 3. The van der Waals surface area contributed by atoms with Crippen LogP contribution in [0.4, 0.5) is 0 Å². The summed E-state index contributed by atoms with van der Waals surface area (Å²) in [5, 5.41) is 0. The Labute approximate surface area is 157 Å². The molecule has 2 fully saturated rings. The average molecular weight is 365 g/mol. The topological polar surface area (TPSA) is 82.2 Å². The van der Waals surface area contributed by atoms with Gasteiger partial charge in [0.15, 0.2) is 0 Å². The van der Waals surface area contributed by atoms with Crippen molar-refractivity contribution in [2.24, 2.45) is 5.92 Å². The summed E-state index contributed by atoms with van der Waals surface area (Å²) < 4.78 is 0. The van der Waals surface area contributed by atoms with Crippen molar-refractivity contribution >= 4 is 5.91 Å². The van der Waals surface area contributed by atoms with E-state index < -0.39 is 0 Å². The number of likely N-dealkylation sites (tertiary alicyclic amines) is 1. The summed E-state index contributed by atoms with van der Waals surface area (Å²) in [6.07, 6.45) is 7.71. The van der Waals surface area contributed by atoms with Crippen LogP contribution in [0.1, 0.15) is 30.5 Å². The zero-order chi connectivity index (χ0) is 18.4. The highest BCUT2D eigenvalue weighted by atomic mass is 16.2. The van der Waals surface area contributed by atoms with Crippen molar-refractivity contribution < 1.29 is 4.79 Å². The van der Waals surface area contributed by atoms with Crippen molar-refractivity contribution in [2.45, 2.75) is 38.3 Å². The molecule has 2 atom stereocenters. The quantitative estimate of drug-likeness (QED) is 0.884. The van der Waals surface area contributed by atoms with Crippen LogP contribution in [-0.4, -0.2) is 56.3 Å².